The Bertz CT molecular complexity index is 1030. The average molecular weight is 494 g/mol. The highest BCUT2D eigenvalue weighted by atomic mass is 79.9. The van der Waals surface area contributed by atoms with Crippen LogP contribution in [0.1, 0.15) is 21.7 Å². The van der Waals surface area contributed by atoms with Gasteiger partial charge in [0.2, 0.25) is 0 Å². The molecule has 3 aromatic rings. The topological polar surface area (TPSA) is 90.1 Å². The number of nitro benzene ring substituents is 1. The van der Waals surface area contributed by atoms with E-state index < -0.39 is 4.92 Å². The number of carbonyl (C=O) groups is 1. The Balaban J connectivity index is 1.97. The van der Waals surface area contributed by atoms with Crippen LogP contribution in [-0.2, 0) is 0 Å². The standard InChI is InChI=1S/C18H14Br2N4O3/c1-10-16(11(2)23(22-10)12-6-4-3-5-7-12)18(25)21-17-14(19)8-13(24(26)27)9-15(17)20/h3-9H,1-2H3,(H,21,25). The number of carbonyl (C=O) groups excluding carboxylic acids is 1. The number of amides is 1. The summed E-state index contributed by atoms with van der Waals surface area (Å²) < 4.78 is 2.52. The second kappa shape index (κ2) is 7.61. The van der Waals surface area contributed by atoms with E-state index in [4.69, 9.17) is 0 Å². The Hall–Kier alpha value is -2.52. The maximum Gasteiger partial charge on any atom is 0.271 e. The largest absolute Gasteiger partial charge is 0.320 e. The molecular weight excluding hydrogens is 480 g/mol. The van der Waals surface area contributed by atoms with E-state index in [-0.39, 0.29) is 11.6 Å². The van der Waals surface area contributed by atoms with Crippen molar-refractivity contribution < 1.29 is 9.72 Å². The third-order valence-electron chi connectivity index (χ3n) is 4.00. The molecule has 0 bridgehead atoms. The number of aromatic nitrogens is 2. The minimum atomic E-state index is -0.501. The Morgan fingerprint density at radius 1 is 1.15 bits per heavy atom. The van der Waals surface area contributed by atoms with Crippen molar-refractivity contribution >= 4 is 49.1 Å². The quantitative estimate of drug-likeness (QED) is 0.400. The predicted octanol–water partition coefficient (Wildman–Crippen LogP) is 5.17. The molecule has 0 saturated heterocycles. The molecule has 0 aliphatic heterocycles. The van der Waals surface area contributed by atoms with E-state index in [1.54, 1.807) is 11.6 Å². The van der Waals surface area contributed by atoms with Gasteiger partial charge >= 0.3 is 0 Å². The van der Waals surface area contributed by atoms with Gasteiger partial charge in [0.05, 0.1) is 33.2 Å². The fourth-order valence-electron chi connectivity index (χ4n) is 2.75. The van der Waals surface area contributed by atoms with Crippen molar-refractivity contribution in [3.8, 4) is 5.69 Å². The predicted molar refractivity (Wildman–Crippen MR) is 109 cm³/mol. The van der Waals surface area contributed by atoms with E-state index in [9.17, 15) is 14.9 Å². The van der Waals surface area contributed by atoms with Gasteiger partial charge in [0.1, 0.15) is 0 Å². The van der Waals surface area contributed by atoms with Crippen LogP contribution in [0.5, 0.6) is 0 Å². The minimum absolute atomic E-state index is 0.0870. The van der Waals surface area contributed by atoms with Gasteiger partial charge in [-0.1, -0.05) is 18.2 Å². The number of para-hydroxylation sites is 1. The minimum Gasteiger partial charge on any atom is -0.320 e. The fraction of sp³-hybridized carbons (Fsp3) is 0.111. The first-order valence-corrected chi connectivity index (χ1v) is 9.44. The molecule has 1 N–H and O–H groups in total. The van der Waals surface area contributed by atoms with Gasteiger partial charge in [-0.2, -0.15) is 5.10 Å². The number of nitrogens with one attached hydrogen (secondary N) is 1. The summed E-state index contributed by atoms with van der Waals surface area (Å²) in [5.41, 5.74) is 2.92. The molecule has 0 atom stereocenters. The van der Waals surface area contributed by atoms with Crippen LogP contribution in [0.2, 0.25) is 0 Å². The van der Waals surface area contributed by atoms with Crippen LogP contribution >= 0.6 is 31.9 Å². The second-order valence-electron chi connectivity index (χ2n) is 5.79. The van der Waals surface area contributed by atoms with Gasteiger partial charge in [0, 0.05) is 21.1 Å². The molecule has 7 nitrogen and oxygen atoms in total. The molecule has 0 saturated carbocycles. The van der Waals surface area contributed by atoms with E-state index in [1.165, 1.54) is 12.1 Å². The molecule has 27 heavy (non-hydrogen) atoms. The van der Waals surface area contributed by atoms with Crippen molar-refractivity contribution in [3.63, 3.8) is 0 Å². The molecule has 138 valence electrons. The van der Waals surface area contributed by atoms with Gasteiger partial charge in [-0.15, -0.1) is 0 Å². The lowest BCUT2D eigenvalue weighted by Gasteiger charge is -2.10. The van der Waals surface area contributed by atoms with Crippen molar-refractivity contribution in [2.24, 2.45) is 0 Å². The van der Waals surface area contributed by atoms with Crippen LogP contribution in [0.25, 0.3) is 5.69 Å². The Labute approximate surface area is 171 Å². The molecule has 0 fully saturated rings. The van der Waals surface area contributed by atoms with Crippen LogP contribution in [0.15, 0.2) is 51.4 Å². The molecule has 0 spiro atoms. The SMILES string of the molecule is Cc1nn(-c2ccccc2)c(C)c1C(=O)Nc1c(Br)cc([N+](=O)[O-])cc1Br. The number of hydrogen-bond acceptors (Lipinski definition) is 4. The smallest absolute Gasteiger partial charge is 0.271 e. The molecule has 0 radical (unpaired) electrons. The molecule has 0 unspecified atom stereocenters. The summed E-state index contributed by atoms with van der Waals surface area (Å²) in [5.74, 6) is -0.345. The monoisotopic (exact) mass is 492 g/mol. The lowest BCUT2D eigenvalue weighted by molar-refractivity contribution is -0.385. The zero-order chi connectivity index (χ0) is 19.7. The Kier molecular flexibility index (Phi) is 5.43. The van der Waals surface area contributed by atoms with E-state index in [1.807, 2.05) is 37.3 Å². The number of non-ortho nitro benzene ring substituents is 1. The summed E-state index contributed by atoms with van der Waals surface area (Å²) in [6.07, 6.45) is 0. The van der Waals surface area contributed by atoms with Crippen molar-refractivity contribution in [2.75, 3.05) is 5.32 Å². The summed E-state index contributed by atoms with van der Waals surface area (Å²) in [5, 5.41) is 18.2. The first-order valence-electron chi connectivity index (χ1n) is 7.86. The van der Waals surface area contributed by atoms with Gasteiger partial charge in [-0.25, -0.2) is 4.68 Å². The van der Waals surface area contributed by atoms with Crippen LogP contribution in [-0.4, -0.2) is 20.6 Å². The molecule has 1 amide bonds. The molecular formula is C18H14Br2N4O3. The normalized spacial score (nSPS) is 10.7. The molecule has 3 rings (SSSR count). The number of halogens is 2. The highest BCUT2D eigenvalue weighted by Gasteiger charge is 2.22. The third kappa shape index (κ3) is 3.79. The van der Waals surface area contributed by atoms with E-state index in [0.717, 1.165) is 5.69 Å². The molecule has 2 aromatic carbocycles. The summed E-state index contributed by atoms with van der Waals surface area (Å²) in [7, 11) is 0. The van der Waals surface area contributed by atoms with Gasteiger partial charge in [-0.3, -0.25) is 14.9 Å². The number of nitrogens with zero attached hydrogens (tertiary/aromatic N) is 3. The highest BCUT2D eigenvalue weighted by molar-refractivity contribution is 9.11. The lowest BCUT2D eigenvalue weighted by atomic mass is 10.1. The summed E-state index contributed by atoms with van der Waals surface area (Å²) in [4.78, 5) is 23.3. The van der Waals surface area contributed by atoms with Crippen LogP contribution in [0, 0.1) is 24.0 Å². The number of rotatable bonds is 4. The lowest BCUT2D eigenvalue weighted by Crippen LogP contribution is -2.15. The maximum absolute atomic E-state index is 12.9. The van der Waals surface area contributed by atoms with Crippen LogP contribution in [0.3, 0.4) is 0 Å². The molecule has 1 heterocycles. The summed E-state index contributed by atoms with van der Waals surface area (Å²) in [6, 6.07) is 12.2. The zero-order valence-corrected chi connectivity index (χ0v) is 17.5. The molecule has 0 aliphatic carbocycles. The molecule has 1 aromatic heterocycles. The van der Waals surface area contributed by atoms with Crippen molar-refractivity contribution in [3.05, 3.63) is 78.5 Å². The number of anilines is 1. The number of nitro groups is 1. The average Bonchev–Trinajstić information content (AvgIpc) is 2.93. The van der Waals surface area contributed by atoms with Crippen LogP contribution < -0.4 is 5.32 Å². The van der Waals surface area contributed by atoms with Gasteiger partial charge in [-0.05, 0) is 57.8 Å². The first kappa shape index (κ1) is 19.2. The number of benzene rings is 2. The Morgan fingerprint density at radius 3 is 2.30 bits per heavy atom. The second-order valence-corrected chi connectivity index (χ2v) is 7.50. The number of hydrogen-bond donors (Lipinski definition) is 1. The van der Waals surface area contributed by atoms with E-state index in [2.05, 4.69) is 42.3 Å². The van der Waals surface area contributed by atoms with Gasteiger partial charge < -0.3 is 5.32 Å². The zero-order valence-electron chi connectivity index (χ0n) is 14.4. The van der Waals surface area contributed by atoms with Gasteiger partial charge in [0.25, 0.3) is 11.6 Å². The maximum atomic E-state index is 12.9. The molecule has 0 aliphatic rings. The summed E-state index contributed by atoms with van der Waals surface area (Å²) >= 11 is 6.55. The summed E-state index contributed by atoms with van der Waals surface area (Å²) in [6.45, 7) is 3.59. The fourth-order valence-corrected chi connectivity index (χ4v) is 4.11. The third-order valence-corrected chi connectivity index (χ3v) is 5.25. The van der Waals surface area contributed by atoms with Crippen LogP contribution in [0.4, 0.5) is 11.4 Å². The first-order chi connectivity index (χ1) is 12.8. The van der Waals surface area contributed by atoms with Gasteiger partial charge in [0.15, 0.2) is 0 Å². The van der Waals surface area contributed by atoms with Crippen molar-refractivity contribution in [2.45, 2.75) is 13.8 Å². The number of aryl methyl sites for hydroxylation is 1. The van der Waals surface area contributed by atoms with Crippen molar-refractivity contribution in [1.29, 1.82) is 0 Å². The highest BCUT2D eigenvalue weighted by Crippen LogP contribution is 2.35. The van der Waals surface area contributed by atoms with Crippen molar-refractivity contribution in [1.82, 2.24) is 9.78 Å². The molecule has 9 heteroatoms. The van der Waals surface area contributed by atoms with E-state index in [0.29, 0.717) is 31.6 Å². The van der Waals surface area contributed by atoms with E-state index >= 15 is 0 Å². The Morgan fingerprint density at radius 2 is 1.74 bits per heavy atom.